The molecule has 29 heavy (non-hydrogen) atoms. The van der Waals surface area contributed by atoms with Crippen molar-refractivity contribution in [3.8, 4) is 0 Å². The monoisotopic (exact) mass is 550 g/mol. The first-order chi connectivity index (χ1) is 11.0. The molecule has 0 heterocycles. The Kier molecular flexibility index (Phi) is 123. The van der Waals surface area contributed by atoms with E-state index >= 15 is 0 Å². The van der Waals surface area contributed by atoms with Crippen molar-refractivity contribution in [1.82, 2.24) is 0 Å². The SMILES string of the molecule is C.CN.CN.[CH3-].[CH3-].[CH3-].[CH3-].[Y].[Y].c1ccccc1.c1ccccc1.c1ccccc1. The average molecular weight is 550 g/mol. The van der Waals surface area contributed by atoms with Gasteiger partial charge in [-0.1, -0.05) is 117 Å². The maximum absolute atomic E-state index is 4.50. The van der Waals surface area contributed by atoms with Gasteiger partial charge in [0, 0.05) is 65.4 Å². The zero-order valence-electron chi connectivity index (χ0n) is 18.7. The molecule has 0 spiro atoms. The maximum Gasteiger partial charge on any atom is 0 e. The molecule has 0 saturated heterocycles. The standard InChI is InChI=1S/3C6H6.2CH5N.CH4.4CH3.2Y/c3*1-2-4-6-5-3-1;2*1-2;;;;;;;/h3*1-6H;2*2H2,1H3;1H4;4*1H3;;/q;;;;;;4*-1;;. The number of rotatable bonds is 0. The minimum atomic E-state index is 0. The van der Waals surface area contributed by atoms with E-state index < -0.39 is 0 Å². The second-order valence-corrected chi connectivity index (χ2v) is 3.46. The van der Waals surface area contributed by atoms with Crippen molar-refractivity contribution in [3.63, 3.8) is 0 Å². The fourth-order valence-corrected chi connectivity index (χ4v) is 1.15. The predicted molar refractivity (Wildman–Crippen MR) is 132 cm³/mol. The Morgan fingerprint density at radius 3 is 0.345 bits per heavy atom. The van der Waals surface area contributed by atoms with Crippen LogP contribution in [0.25, 0.3) is 0 Å². The Bertz CT molecular complexity index is 312. The third-order valence-corrected chi connectivity index (χ3v) is 2.00. The first kappa shape index (κ1) is 56.8. The van der Waals surface area contributed by atoms with E-state index in [-0.39, 0.29) is 103 Å². The molecule has 0 unspecified atom stereocenters. The van der Waals surface area contributed by atoms with Gasteiger partial charge in [-0.3, -0.25) is 0 Å². The summed E-state index contributed by atoms with van der Waals surface area (Å²) in [5.41, 5.74) is 9.00. The molecule has 0 amide bonds. The van der Waals surface area contributed by atoms with Crippen molar-refractivity contribution in [3.05, 3.63) is 139 Å². The Hall–Kier alpha value is -0.212. The van der Waals surface area contributed by atoms with E-state index in [1.807, 2.05) is 109 Å². The molecule has 164 valence electrons. The minimum absolute atomic E-state index is 0. The molecule has 0 aliphatic carbocycles. The summed E-state index contributed by atoms with van der Waals surface area (Å²) in [7, 11) is 3.00. The van der Waals surface area contributed by atoms with Crippen molar-refractivity contribution >= 4 is 0 Å². The Morgan fingerprint density at radius 1 is 0.276 bits per heavy atom. The van der Waals surface area contributed by atoms with Crippen LogP contribution in [0.4, 0.5) is 0 Å². The van der Waals surface area contributed by atoms with E-state index in [1.54, 1.807) is 0 Å². The Labute approximate surface area is 235 Å². The van der Waals surface area contributed by atoms with Gasteiger partial charge in [0.2, 0.25) is 0 Å². The van der Waals surface area contributed by atoms with Crippen molar-refractivity contribution in [2.75, 3.05) is 14.1 Å². The first-order valence-corrected chi connectivity index (χ1v) is 7.15. The van der Waals surface area contributed by atoms with Gasteiger partial charge < -0.3 is 41.2 Å². The molecule has 0 aliphatic rings. The summed E-state index contributed by atoms with van der Waals surface area (Å²) >= 11 is 0. The van der Waals surface area contributed by atoms with Crippen molar-refractivity contribution in [2.24, 2.45) is 11.5 Å². The van der Waals surface area contributed by atoms with Crippen molar-refractivity contribution in [1.29, 1.82) is 0 Å². The maximum atomic E-state index is 4.50. The van der Waals surface area contributed by atoms with Gasteiger partial charge in [-0.2, -0.15) is 0 Å². The van der Waals surface area contributed by atoms with Gasteiger partial charge in [0.1, 0.15) is 0 Å². The van der Waals surface area contributed by atoms with Crippen LogP contribution in [0.1, 0.15) is 7.43 Å². The fraction of sp³-hybridized carbons (Fsp3) is 0.120. The van der Waals surface area contributed by atoms with Crippen LogP contribution in [-0.2, 0) is 65.4 Å². The number of nitrogens with two attached hydrogens (primary N) is 2. The third kappa shape index (κ3) is 58.4. The van der Waals surface area contributed by atoms with Crippen molar-refractivity contribution < 1.29 is 65.4 Å². The van der Waals surface area contributed by atoms with Crippen LogP contribution in [0.3, 0.4) is 0 Å². The number of hydrogen-bond donors (Lipinski definition) is 2. The largest absolute Gasteiger partial charge is 0.358 e. The predicted octanol–water partition coefficient (Wildman–Crippen LogP) is 6.64. The molecule has 2 nitrogen and oxygen atoms in total. The number of benzene rings is 3. The smallest absolute Gasteiger partial charge is 0 e. The molecule has 0 fully saturated rings. The van der Waals surface area contributed by atoms with Crippen LogP contribution < -0.4 is 11.5 Å². The van der Waals surface area contributed by atoms with Crippen LogP contribution >= 0.6 is 0 Å². The average Bonchev–Trinajstić information content (AvgIpc) is 2.70. The van der Waals surface area contributed by atoms with Gasteiger partial charge in [0.25, 0.3) is 0 Å². The summed E-state index contributed by atoms with van der Waals surface area (Å²) in [5, 5.41) is 0. The van der Waals surface area contributed by atoms with Gasteiger partial charge in [0.15, 0.2) is 0 Å². The number of hydrogen-bond acceptors (Lipinski definition) is 2. The van der Waals surface area contributed by atoms with Crippen molar-refractivity contribution in [2.45, 2.75) is 7.43 Å². The second-order valence-electron chi connectivity index (χ2n) is 3.46. The molecule has 0 atom stereocenters. The molecular weight excluding hydrogens is 506 g/mol. The van der Waals surface area contributed by atoms with E-state index in [2.05, 4.69) is 11.5 Å². The molecule has 3 aromatic rings. The summed E-state index contributed by atoms with van der Waals surface area (Å²) in [4.78, 5) is 0. The molecule has 3 aromatic carbocycles. The van der Waals surface area contributed by atoms with Gasteiger partial charge >= 0.3 is 0 Å². The molecule has 2 radical (unpaired) electrons. The van der Waals surface area contributed by atoms with Gasteiger partial charge in [-0.05, 0) is 14.1 Å². The molecule has 0 aliphatic heterocycles. The Balaban J connectivity index is -0.0000000245. The molecule has 0 aromatic heterocycles. The van der Waals surface area contributed by atoms with Crippen LogP contribution in [0.5, 0.6) is 0 Å². The second kappa shape index (κ2) is 63.0. The van der Waals surface area contributed by atoms with Crippen LogP contribution in [-0.4, -0.2) is 14.1 Å². The summed E-state index contributed by atoms with van der Waals surface area (Å²) in [5.74, 6) is 0. The Morgan fingerprint density at radius 2 is 0.310 bits per heavy atom. The van der Waals surface area contributed by atoms with Crippen LogP contribution in [0.15, 0.2) is 109 Å². The molecule has 4 heteroatoms. The molecule has 3 rings (SSSR count). The molecule has 0 bridgehead atoms. The summed E-state index contributed by atoms with van der Waals surface area (Å²) in [6.45, 7) is 0. The molecule has 0 saturated carbocycles. The quantitative estimate of drug-likeness (QED) is 0.309. The van der Waals surface area contributed by atoms with E-state index in [4.69, 9.17) is 0 Å². The van der Waals surface area contributed by atoms with Crippen LogP contribution in [0.2, 0.25) is 0 Å². The van der Waals surface area contributed by atoms with Crippen LogP contribution in [0, 0.1) is 29.7 Å². The van der Waals surface area contributed by atoms with E-state index in [9.17, 15) is 0 Å². The molecular formula is C25H44N2Y2-4. The summed E-state index contributed by atoms with van der Waals surface area (Å²) in [6, 6.07) is 36.0. The zero-order valence-corrected chi connectivity index (χ0v) is 24.4. The normalized spacial score (nSPS) is 5.38. The third-order valence-electron chi connectivity index (χ3n) is 2.00. The first-order valence-electron chi connectivity index (χ1n) is 7.15. The van der Waals surface area contributed by atoms with Gasteiger partial charge in [0.05, 0.1) is 0 Å². The molecule has 4 N–H and O–H groups in total. The summed E-state index contributed by atoms with van der Waals surface area (Å²) in [6.07, 6.45) is 0. The van der Waals surface area contributed by atoms with Gasteiger partial charge in [-0.15, -0.1) is 0 Å². The summed E-state index contributed by atoms with van der Waals surface area (Å²) < 4.78 is 0. The zero-order chi connectivity index (χ0) is 16.7. The van der Waals surface area contributed by atoms with E-state index in [0.717, 1.165) is 0 Å². The van der Waals surface area contributed by atoms with E-state index in [1.165, 1.54) is 14.1 Å². The van der Waals surface area contributed by atoms with Gasteiger partial charge in [-0.25, -0.2) is 0 Å². The topological polar surface area (TPSA) is 52.0 Å². The fourth-order valence-electron chi connectivity index (χ4n) is 1.15. The van der Waals surface area contributed by atoms with E-state index in [0.29, 0.717) is 0 Å². The minimum Gasteiger partial charge on any atom is -0.358 e.